The minimum absolute atomic E-state index is 0.311. The van der Waals surface area contributed by atoms with E-state index >= 15 is 0 Å². The summed E-state index contributed by atoms with van der Waals surface area (Å²) < 4.78 is 11.4. The van der Waals surface area contributed by atoms with Crippen LogP contribution in [-0.2, 0) is 9.47 Å². The van der Waals surface area contributed by atoms with Gasteiger partial charge in [-0.3, -0.25) is 0 Å². The molecule has 0 aliphatic carbocycles. The molecule has 0 radical (unpaired) electrons. The zero-order chi connectivity index (χ0) is 12.0. The van der Waals surface area contributed by atoms with Crippen LogP contribution in [0, 0.1) is 5.92 Å². The molecule has 0 aromatic heterocycles. The molecule has 0 bridgehead atoms. The summed E-state index contributed by atoms with van der Waals surface area (Å²) in [7, 11) is 0. The van der Waals surface area contributed by atoms with Crippen LogP contribution in [0.15, 0.2) is 0 Å². The summed E-state index contributed by atoms with van der Waals surface area (Å²) in [5.41, 5.74) is 0. The predicted molar refractivity (Wildman–Crippen MR) is 66.7 cm³/mol. The zero-order valence-electron chi connectivity index (χ0n) is 11.2. The fourth-order valence-corrected chi connectivity index (χ4v) is 2.12. The van der Waals surface area contributed by atoms with E-state index in [2.05, 4.69) is 33.0 Å². The van der Waals surface area contributed by atoms with Crippen LogP contribution in [0.2, 0.25) is 0 Å². The highest BCUT2D eigenvalue weighted by Gasteiger charge is 2.29. The monoisotopic (exact) mass is 229 g/mol. The average Bonchev–Trinajstić information content (AvgIpc) is 2.64. The molecule has 1 aliphatic heterocycles. The molecule has 3 atom stereocenters. The van der Waals surface area contributed by atoms with Gasteiger partial charge in [0, 0.05) is 12.0 Å². The highest BCUT2D eigenvalue weighted by atomic mass is 16.5. The SMILES string of the molecule is CCCNC(COC(C)C)C1COC(C)C1. The van der Waals surface area contributed by atoms with E-state index in [9.17, 15) is 0 Å². The largest absolute Gasteiger partial charge is 0.378 e. The Hall–Kier alpha value is -0.120. The molecule has 0 aromatic carbocycles. The molecule has 1 N–H and O–H groups in total. The topological polar surface area (TPSA) is 30.5 Å². The summed E-state index contributed by atoms with van der Waals surface area (Å²) in [6.45, 7) is 11.3. The van der Waals surface area contributed by atoms with Crippen LogP contribution in [0.4, 0.5) is 0 Å². The Balaban J connectivity index is 2.36. The maximum absolute atomic E-state index is 5.73. The van der Waals surface area contributed by atoms with Crippen molar-refractivity contribution in [3.8, 4) is 0 Å². The maximum Gasteiger partial charge on any atom is 0.0626 e. The van der Waals surface area contributed by atoms with Gasteiger partial charge in [0.05, 0.1) is 25.4 Å². The quantitative estimate of drug-likeness (QED) is 0.726. The van der Waals surface area contributed by atoms with Gasteiger partial charge in [0.1, 0.15) is 0 Å². The normalized spacial score (nSPS) is 27.6. The Morgan fingerprint density at radius 3 is 2.69 bits per heavy atom. The van der Waals surface area contributed by atoms with Crippen molar-refractivity contribution >= 4 is 0 Å². The molecule has 16 heavy (non-hydrogen) atoms. The molecule has 96 valence electrons. The Labute approximate surface area is 99.9 Å². The Bertz CT molecular complexity index is 185. The van der Waals surface area contributed by atoms with E-state index in [1.165, 1.54) is 6.42 Å². The molecule has 1 aliphatic rings. The minimum atomic E-state index is 0.311. The minimum Gasteiger partial charge on any atom is -0.378 e. The molecular formula is C13H27NO2. The average molecular weight is 229 g/mol. The first-order valence-electron chi connectivity index (χ1n) is 6.60. The van der Waals surface area contributed by atoms with Gasteiger partial charge in [-0.25, -0.2) is 0 Å². The molecule has 1 heterocycles. The van der Waals surface area contributed by atoms with Gasteiger partial charge in [-0.2, -0.15) is 0 Å². The van der Waals surface area contributed by atoms with E-state index in [4.69, 9.17) is 9.47 Å². The third-order valence-electron chi connectivity index (χ3n) is 3.06. The third-order valence-corrected chi connectivity index (χ3v) is 3.06. The van der Waals surface area contributed by atoms with Crippen LogP contribution in [0.3, 0.4) is 0 Å². The summed E-state index contributed by atoms with van der Waals surface area (Å²) >= 11 is 0. The van der Waals surface area contributed by atoms with Crippen molar-refractivity contribution in [2.24, 2.45) is 5.92 Å². The third kappa shape index (κ3) is 4.81. The molecule has 0 spiro atoms. The second-order valence-electron chi connectivity index (χ2n) is 5.08. The highest BCUT2D eigenvalue weighted by Crippen LogP contribution is 2.22. The van der Waals surface area contributed by atoms with Gasteiger partial charge < -0.3 is 14.8 Å². The highest BCUT2D eigenvalue weighted by molar-refractivity contribution is 4.82. The molecule has 0 saturated carbocycles. The fraction of sp³-hybridized carbons (Fsp3) is 1.00. The lowest BCUT2D eigenvalue weighted by atomic mass is 9.97. The van der Waals surface area contributed by atoms with Gasteiger partial charge in [0.15, 0.2) is 0 Å². The van der Waals surface area contributed by atoms with Gasteiger partial charge in [-0.15, -0.1) is 0 Å². The first kappa shape index (κ1) is 13.9. The molecular weight excluding hydrogens is 202 g/mol. The van der Waals surface area contributed by atoms with E-state index in [0.29, 0.717) is 24.2 Å². The van der Waals surface area contributed by atoms with Gasteiger partial charge in [0.25, 0.3) is 0 Å². The first-order chi connectivity index (χ1) is 7.63. The summed E-state index contributed by atoms with van der Waals surface area (Å²) in [4.78, 5) is 0. The lowest BCUT2D eigenvalue weighted by Crippen LogP contribution is -2.41. The van der Waals surface area contributed by atoms with Crippen LogP contribution in [0.25, 0.3) is 0 Å². The number of hydrogen-bond donors (Lipinski definition) is 1. The smallest absolute Gasteiger partial charge is 0.0626 e. The zero-order valence-corrected chi connectivity index (χ0v) is 11.2. The second kappa shape index (κ2) is 7.25. The van der Waals surface area contributed by atoms with Gasteiger partial charge >= 0.3 is 0 Å². The van der Waals surface area contributed by atoms with Gasteiger partial charge in [-0.1, -0.05) is 6.92 Å². The van der Waals surface area contributed by atoms with E-state index in [0.717, 1.165) is 26.2 Å². The van der Waals surface area contributed by atoms with Gasteiger partial charge in [-0.05, 0) is 40.2 Å². The van der Waals surface area contributed by atoms with Gasteiger partial charge in [0.2, 0.25) is 0 Å². The molecule has 0 aromatic rings. The number of ether oxygens (including phenoxy) is 2. The van der Waals surface area contributed by atoms with Crippen LogP contribution in [0.5, 0.6) is 0 Å². The molecule has 1 saturated heterocycles. The van der Waals surface area contributed by atoms with E-state index in [1.807, 2.05) is 0 Å². The summed E-state index contributed by atoms with van der Waals surface area (Å²) in [6.07, 6.45) is 3.05. The first-order valence-corrected chi connectivity index (χ1v) is 6.60. The van der Waals surface area contributed by atoms with Crippen molar-refractivity contribution < 1.29 is 9.47 Å². The molecule has 3 heteroatoms. The second-order valence-corrected chi connectivity index (χ2v) is 5.08. The molecule has 0 amide bonds. The lowest BCUT2D eigenvalue weighted by Gasteiger charge is -2.24. The molecule has 3 nitrogen and oxygen atoms in total. The van der Waals surface area contributed by atoms with Crippen molar-refractivity contribution in [3.05, 3.63) is 0 Å². The van der Waals surface area contributed by atoms with E-state index < -0.39 is 0 Å². The lowest BCUT2D eigenvalue weighted by molar-refractivity contribution is 0.0448. The van der Waals surface area contributed by atoms with Crippen LogP contribution in [0.1, 0.15) is 40.5 Å². The van der Waals surface area contributed by atoms with Crippen molar-refractivity contribution in [2.75, 3.05) is 19.8 Å². The van der Waals surface area contributed by atoms with Crippen LogP contribution < -0.4 is 5.32 Å². The maximum atomic E-state index is 5.73. The van der Waals surface area contributed by atoms with Crippen LogP contribution in [-0.4, -0.2) is 38.0 Å². The van der Waals surface area contributed by atoms with Crippen molar-refractivity contribution in [1.82, 2.24) is 5.32 Å². The predicted octanol–water partition coefficient (Wildman–Crippen LogP) is 2.20. The van der Waals surface area contributed by atoms with E-state index in [1.54, 1.807) is 0 Å². The van der Waals surface area contributed by atoms with Crippen molar-refractivity contribution in [3.63, 3.8) is 0 Å². The summed E-state index contributed by atoms with van der Waals surface area (Å²) in [5, 5.41) is 3.58. The Kier molecular flexibility index (Phi) is 6.32. The fourth-order valence-electron chi connectivity index (χ4n) is 2.12. The molecule has 1 fully saturated rings. The standard InChI is InChI=1S/C13H27NO2/c1-5-6-14-13(9-15-10(2)3)12-7-11(4)16-8-12/h10-14H,5-9H2,1-4H3. The van der Waals surface area contributed by atoms with Crippen molar-refractivity contribution in [2.45, 2.75) is 58.8 Å². The number of hydrogen-bond acceptors (Lipinski definition) is 3. The Morgan fingerprint density at radius 2 is 2.19 bits per heavy atom. The van der Waals surface area contributed by atoms with Crippen molar-refractivity contribution in [1.29, 1.82) is 0 Å². The number of rotatable bonds is 7. The number of nitrogens with one attached hydrogen (secondary N) is 1. The van der Waals surface area contributed by atoms with Crippen LogP contribution >= 0.6 is 0 Å². The van der Waals surface area contributed by atoms with E-state index in [-0.39, 0.29) is 0 Å². The molecule has 3 unspecified atom stereocenters. The molecule has 1 rings (SSSR count). The summed E-state index contributed by atoms with van der Waals surface area (Å²) in [5.74, 6) is 0.611. The summed E-state index contributed by atoms with van der Waals surface area (Å²) in [6, 6.07) is 0.451. The Morgan fingerprint density at radius 1 is 1.44 bits per heavy atom.